The fraction of sp³-hybridized carbons (Fsp3) is 0.217. The van der Waals surface area contributed by atoms with E-state index in [0.717, 1.165) is 18.5 Å². The average Bonchev–Trinajstić information content (AvgIpc) is 3.54. The van der Waals surface area contributed by atoms with Crippen LogP contribution < -0.4 is 0 Å². The molecule has 35 heavy (non-hydrogen) atoms. The van der Waals surface area contributed by atoms with Gasteiger partial charge >= 0.3 is 12.1 Å². The molecule has 182 valence electrons. The standard InChI is InChI=1S/C23H13F8N3O/c24-14-4-3-11(5-13(14)22(27,28)23(29,30)31)17-9-34-18(8-32-17)33-20(10-1-2-10)21(34)19-15(25)6-12(35)7-16(19)26/h3-10,35H,1-2H2. The van der Waals surface area contributed by atoms with Gasteiger partial charge < -0.3 is 5.11 Å². The number of imidazole rings is 1. The van der Waals surface area contributed by atoms with Crippen LogP contribution in [0, 0.1) is 17.5 Å². The molecule has 1 aliphatic carbocycles. The van der Waals surface area contributed by atoms with Crippen molar-refractivity contribution in [2.45, 2.75) is 30.9 Å². The lowest BCUT2D eigenvalue weighted by Crippen LogP contribution is -2.34. The number of rotatable bonds is 4. The molecule has 1 N–H and O–H groups in total. The Balaban J connectivity index is 1.72. The van der Waals surface area contributed by atoms with Crippen LogP contribution in [0.4, 0.5) is 35.1 Å². The molecule has 0 amide bonds. The Morgan fingerprint density at radius 1 is 0.914 bits per heavy atom. The van der Waals surface area contributed by atoms with Crippen LogP contribution in [0.15, 0.2) is 42.7 Å². The number of aromatic hydroxyl groups is 1. The zero-order valence-electron chi connectivity index (χ0n) is 17.3. The minimum atomic E-state index is -6.03. The summed E-state index contributed by atoms with van der Waals surface area (Å²) in [5.74, 6) is -10.1. The molecule has 4 aromatic rings. The van der Waals surface area contributed by atoms with E-state index in [2.05, 4.69) is 9.97 Å². The van der Waals surface area contributed by atoms with Gasteiger partial charge in [0.15, 0.2) is 5.65 Å². The van der Waals surface area contributed by atoms with Crippen LogP contribution in [0.5, 0.6) is 5.75 Å². The average molecular weight is 499 g/mol. The first kappa shape index (κ1) is 23.1. The molecule has 1 fully saturated rings. The fourth-order valence-corrected chi connectivity index (χ4v) is 3.88. The maximum Gasteiger partial charge on any atom is 0.458 e. The summed E-state index contributed by atoms with van der Waals surface area (Å²) in [4.78, 5) is 8.39. The summed E-state index contributed by atoms with van der Waals surface area (Å²) in [7, 11) is 0. The number of alkyl halides is 5. The van der Waals surface area contributed by atoms with E-state index in [1.165, 1.54) is 4.40 Å². The van der Waals surface area contributed by atoms with Crippen molar-refractivity contribution in [1.29, 1.82) is 0 Å². The molecular formula is C23H13F8N3O. The second kappa shape index (κ2) is 7.65. The lowest BCUT2D eigenvalue weighted by molar-refractivity contribution is -0.290. The molecule has 2 aromatic heterocycles. The molecule has 12 heteroatoms. The lowest BCUT2D eigenvalue weighted by Gasteiger charge is -2.21. The zero-order valence-corrected chi connectivity index (χ0v) is 17.3. The number of benzene rings is 2. The van der Waals surface area contributed by atoms with Gasteiger partial charge in [-0.25, -0.2) is 18.2 Å². The predicted octanol–water partition coefficient (Wildman–Crippen LogP) is 6.72. The quantitative estimate of drug-likeness (QED) is 0.317. The number of halogens is 8. The summed E-state index contributed by atoms with van der Waals surface area (Å²) in [5, 5.41) is 9.50. The smallest absolute Gasteiger partial charge is 0.458 e. The van der Waals surface area contributed by atoms with E-state index >= 15 is 0 Å². The fourth-order valence-electron chi connectivity index (χ4n) is 3.88. The van der Waals surface area contributed by atoms with Crippen molar-refractivity contribution in [2.75, 3.05) is 0 Å². The number of nitrogens with zero attached hydrogens (tertiary/aromatic N) is 3. The van der Waals surface area contributed by atoms with Crippen molar-refractivity contribution in [3.8, 4) is 28.3 Å². The summed E-state index contributed by atoms with van der Waals surface area (Å²) in [6, 6.07) is 3.17. The number of hydrogen-bond donors (Lipinski definition) is 1. The van der Waals surface area contributed by atoms with Gasteiger partial charge in [0, 0.05) is 29.8 Å². The minimum absolute atomic E-state index is 0.0101. The van der Waals surface area contributed by atoms with Gasteiger partial charge in [0.05, 0.1) is 34.4 Å². The molecule has 5 rings (SSSR count). The molecular weight excluding hydrogens is 486 g/mol. The van der Waals surface area contributed by atoms with E-state index in [0.29, 0.717) is 42.8 Å². The summed E-state index contributed by atoms with van der Waals surface area (Å²) in [6.45, 7) is 0. The van der Waals surface area contributed by atoms with Crippen LogP contribution in [-0.4, -0.2) is 25.7 Å². The Kier molecular flexibility index (Phi) is 5.04. The second-order valence-electron chi connectivity index (χ2n) is 8.17. The highest BCUT2D eigenvalue weighted by molar-refractivity contribution is 5.72. The first-order chi connectivity index (χ1) is 16.4. The number of phenolic OH excluding ortho intramolecular Hbond substituents is 1. The van der Waals surface area contributed by atoms with E-state index in [1.54, 1.807) is 0 Å². The van der Waals surface area contributed by atoms with Crippen molar-refractivity contribution in [3.63, 3.8) is 0 Å². The van der Waals surface area contributed by atoms with Gasteiger partial charge in [-0.15, -0.1) is 0 Å². The summed E-state index contributed by atoms with van der Waals surface area (Å²) < 4.78 is 111. The van der Waals surface area contributed by atoms with Gasteiger partial charge in [-0.3, -0.25) is 9.38 Å². The second-order valence-corrected chi connectivity index (χ2v) is 8.17. The number of fused-ring (bicyclic) bond motifs is 1. The monoisotopic (exact) mass is 499 g/mol. The first-order valence-electron chi connectivity index (χ1n) is 10.2. The van der Waals surface area contributed by atoms with Gasteiger partial charge in [0.2, 0.25) is 0 Å². The molecule has 2 heterocycles. The number of aromatic nitrogens is 3. The maximum atomic E-state index is 14.7. The van der Waals surface area contributed by atoms with Crippen LogP contribution in [0.1, 0.15) is 30.0 Å². The van der Waals surface area contributed by atoms with E-state index in [-0.39, 0.29) is 28.5 Å². The summed E-state index contributed by atoms with van der Waals surface area (Å²) in [6.07, 6.45) is -2.31. The topological polar surface area (TPSA) is 50.4 Å². The highest BCUT2D eigenvalue weighted by Gasteiger charge is 2.60. The molecule has 0 unspecified atom stereocenters. The first-order valence-corrected chi connectivity index (χ1v) is 10.2. The maximum absolute atomic E-state index is 14.7. The van der Waals surface area contributed by atoms with Gasteiger partial charge in [0.25, 0.3) is 0 Å². The van der Waals surface area contributed by atoms with E-state index < -0.39 is 46.4 Å². The Hall–Kier alpha value is -3.70. The van der Waals surface area contributed by atoms with Crippen molar-refractivity contribution in [2.24, 2.45) is 0 Å². The SMILES string of the molecule is Oc1cc(F)c(-c2c(C3CC3)nc3cnc(-c4ccc(F)c(C(F)(F)C(F)(F)F)c4)cn23)c(F)c1. The molecule has 0 spiro atoms. The molecule has 0 saturated heterocycles. The van der Waals surface area contributed by atoms with Gasteiger partial charge in [-0.05, 0) is 31.0 Å². The molecule has 0 aliphatic heterocycles. The van der Waals surface area contributed by atoms with Gasteiger partial charge in [-0.1, -0.05) is 0 Å². The normalized spacial score (nSPS) is 14.6. The highest BCUT2D eigenvalue weighted by atomic mass is 19.4. The van der Waals surface area contributed by atoms with E-state index in [9.17, 15) is 40.2 Å². The molecule has 1 saturated carbocycles. The van der Waals surface area contributed by atoms with Crippen LogP contribution in [0.2, 0.25) is 0 Å². The Morgan fingerprint density at radius 2 is 1.57 bits per heavy atom. The zero-order chi connectivity index (χ0) is 25.3. The molecule has 1 aliphatic rings. The van der Waals surface area contributed by atoms with Crippen LogP contribution in [0.25, 0.3) is 28.2 Å². The Morgan fingerprint density at radius 3 is 2.17 bits per heavy atom. The molecule has 4 nitrogen and oxygen atoms in total. The molecule has 0 atom stereocenters. The third-order valence-electron chi connectivity index (χ3n) is 5.72. The van der Waals surface area contributed by atoms with Crippen molar-refractivity contribution >= 4 is 5.65 Å². The molecule has 2 aromatic carbocycles. The van der Waals surface area contributed by atoms with Crippen molar-refractivity contribution in [1.82, 2.24) is 14.4 Å². The van der Waals surface area contributed by atoms with Crippen LogP contribution in [-0.2, 0) is 5.92 Å². The van der Waals surface area contributed by atoms with Gasteiger partial charge in [0.1, 0.15) is 23.2 Å². The molecule has 0 radical (unpaired) electrons. The third-order valence-corrected chi connectivity index (χ3v) is 5.72. The van der Waals surface area contributed by atoms with Crippen molar-refractivity contribution in [3.05, 3.63) is 71.4 Å². The third kappa shape index (κ3) is 3.76. The largest absolute Gasteiger partial charge is 0.508 e. The minimum Gasteiger partial charge on any atom is -0.508 e. The lowest BCUT2D eigenvalue weighted by atomic mass is 10.0. The summed E-state index contributed by atoms with van der Waals surface area (Å²) in [5.41, 5.74) is -2.37. The van der Waals surface area contributed by atoms with E-state index in [4.69, 9.17) is 0 Å². The predicted molar refractivity (Wildman–Crippen MR) is 107 cm³/mol. The van der Waals surface area contributed by atoms with Gasteiger partial charge in [-0.2, -0.15) is 22.0 Å². The van der Waals surface area contributed by atoms with Crippen LogP contribution in [0.3, 0.4) is 0 Å². The van der Waals surface area contributed by atoms with E-state index in [1.807, 2.05) is 0 Å². The number of phenols is 1. The van der Waals surface area contributed by atoms with Crippen molar-refractivity contribution < 1.29 is 40.2 Å². The Bertz CT molecular complexity index is 1450. The highest BCUT2D eigenvalue weighted by Crippen LogP contribution is 2.47. The van der Waals surface area contributed by atoms with Crippen LogP contribution >= 0.6 is 0 Å². The Labute approximate surface area is 191 Å². The number of hydrogen-bond acceptors (Lipinski definition) is 3. The molecule has 0 bridgehead atoms. The summed E-state index contributed by atoms with van der Waals surface area (Å²) >= 11 is 0.